The number of aliphatic hydroxyl groups is 3. The highest BCUT2D eigenvalue weighted by Gasteiger charge is 2.40. The number of nitrogens with zero attached hydrogens (tertiary/aromatic N) is 1. The number of benzene rings is 2. The largest absolute Gasteiger partial charge is 0.461 e. The molecular formula is C31H41NO8. The van der Waals surface area contributed by atoms with E-state index in [1.807, 2.05) is 30.4 Å². The summed E-state index contributed by atoms with van der Waals surface area (Å²) in [6.45, 7) is -0.176. The number of rotatable bonds is 17. The first-order valence-electron chi connectivity index (χ1n) is 14.1. The molecule has 0 aliphatic heterocycles. The molecule has 1 saturated carbocycles. The Labute approximate surface area is 235 Å². The van der Waals surface area contributed by atoms with Gasteiger partial charge >= 0.3 is 5.97 Å². The highest BCUT2D eigenvalue weighted by Crippen LogP contribution is 2.38. The van der Waals surface area contributed by atoms with E-state index in [4.69, 9.17) is 4.74 Å². The summed E-state index contributed by atoms with van der Waals surface area (Å²) in [5, 5.41) is 41.0. The lowest BCUT2D eigenvalue weighted by atomic mass is 9.85. The van der Waals surface area contributed by atoms with Gasteiger partial charge < -0.3 is 24.9 Å². The summed E-state index contributed by atoms with van der Waals surface area (Å²) in [4.78, 5) is 27.0. The van der Waals surface area contributed by atoms with E-state index in [1.165, 1.54) is 5.56 Å². The summed E-state index contributed by atoms with van der Waals surface area (Å²) in [6, 6.07) is 17.0. The first-order valence-corrected chi connectivity index (χ1v) is 14.1. The minimum Gasteiger partial charge on any atom is -0.461 e. The lowest BCUT2D eigenvalue weighted by Crippen LogP contribution is -2.23. The van der Waals surface area contributed by atoms with Crippen molar-refractivity contribution in [3.63, 3.8) is 0 Å². The van der Waals surface area contributed by atoms with Crippen molar-refractivity contribution in [3.8, 4) is 0 Å². The van der Waals surface area contributed by atoms with Gasteiger partial charge in [-0.25, -0.2) is 0 Å². The van der Waals surface area contributed by atoms with Crippen molar-refractivity contribution < 1.29 is 34.8 Å². The van der Waals surface area contributed by atoms with Crippen LogP contribution in [0.5, 0.6) is 0 Å². The predicted octanol–water partition coefficient (Wildman–Crippen LogP) is 4.69. The van der Waals surface area contributed by atoms with E-state index < -0.39 is 23.4 Å². The molecule has 40 heavy (non-hydrogen) atoms. The summed E-state index contributed by atoms with van der Waals surface area (Å²) >= 11 is 0. The number of aliphatic hydroxyl groups excluding tert-OH is 3. The highest BCUT2D eigenvalue weighted by molar-refractivity contribution is 5.69. The number of hydrogen-bond acceptors (Lipinski definition) is 8. The molecule has 0 bridgehead atoms. The van der Waals surface area contributed by atoms with Gasteiger partial charge in [0.1, 0.15) is 13.2 Å². The molecule has 218 valence electrons. The smallest absolute Gasteiger partial charge is 0.306 e. The summed E-state index contributed by atoms with van der Waals surface area (Å²) in [5.74, 6) is -0.463. The maximum atomic E-state index is 12.1. The molecule has 0 radical (unpaired) electrons. The van der Waals surface area contributed by atoms with Gasteiger partial charge in [-0.1, -0.05) is 66.7 Å². The van der Waals surface area contributed by atoms with Crippen LogP contribution in [-0.4, -0.2) is 44.7 Å². The Bertz CT molecular complexity index is 1080. The normalized spacial score (nSPS) is 21.4. The minimum atomic E-state index is -0.856. The lowest BCUT2D eigenvalue weighted by molar-refractivity contribution is -0.763. The topological polar surface area (TPSA) is 139 Å². The fraction of sp³-hybridized carbons (Fsp3) is 0.516. The van der Waals surface area contributed by atoms with Gasteiger partial charge in [0.15, 0.2) is 0 Å². The Morgan fingerprint density at radius 3 is 2.38 bits per heavy atom. The Morgan fingerprint density at radius 2 is 1.65 bits per heavy atom. The van der Waals surface area contributed by atoms with Gasteiger partial charge in [-0.05, 0) is 79.9 Å². The van der Waals surface area contributed by atoms with Crippen molar-refractivity contribution in [1.82, 2.24) is 0 Å². The van der Waals surface area contributed by atoms with Crippen LogP contribution in [0.4, 0.5) is 0 Å². The Hall–Kier alpha value is -3.27. The minimum absolute atomic E-state index is 0.0240. The SMILES string of the molecule is O=C(CCCC=CC[C@@H]1[C@@H](CC[C@@H](O)CCc2ccccc2)[C@H](O)C[C@@H]1O)OCc1ccccc1CO[N+](=O)[O-]. The first-order chi connectivity index (χ1) is 19.3. The van der Waals surface area contributed by atoms with Crippen molar-refractivity contribution in [2.45, 2.75) is 89.3 Å². The molecule has 0 saturated heterocycles. The third-order valence-corrected chi connectivity index (χ3v) is 7.62. The van der Waals surface area contributed by atoms with E-state index in [9.17, 15) is 30.2 Å². The number of hydrogen-bond donors (Lipinski definition) is 3. The predicted molar refractivity (Wildman–Crippen MR) is 149 cm³/mol. The summed E-state index contributed by atoms with van der Waals surface area (Å²) in [5.41, 5.74) is 2.45. The average Bonchev–Trinajstić information content (AvgIpc) is 3.22. The van der Waals surface area contributed by atoms with Crippen LogP contribution >= 0.6 is 0 Å². The van der Waals surface area contributed by atoms with Crippen LogP contribution in [0.2, 0.25) is 0 Å². The summed E-state index contributed by atoms with van der Waals surface area (Å²) in [6.07, 6.45) is 7.67. The Balaban J connectivity index is 1.33. The lowest BCUT2D eigenvalue weighted by Gasteiger charge is -2.23. The molecule has 1 aliphatic rings. The van der Waals surface area contributed by atoms with Gasteiger partial charge in [0, 0.05) is 6.42 Å². The maximum absolute atomic E-state index is 12.1. The number of unbranched alkanes of at least 4 members (excludes halogenated alkanes) is 1. The Kier molecular flexibility index (Phi) is 13.1. The number of ether oxygens (including phenoxy) is 1. The van der Waals surface area contributed by atoms with Crippen molar-refractivity contribution in [3.05, 3.63) is 93.6 Å². The van der Waals surface area contributed by atoms with Crippen LogP contribution in [0.25, 0.3) is 0 Å². The zero-order valence-electron chi connectivity index (χ0n) is 22.8. The quantitative estimate of drug-likeness (QED) is 0.0840. The van der Waals surface area contributed by atoms with Crippen molar-refractivity contribution >= 4 is 5.97 Å². The fourth-order valence-electron chi connectivity index (χ4n) is 5.34. The van der Waals surface area contributed by atoms with E-state index in [0.29, 0.717) is 56.1 Å². The van der Waals surface area contributed by atoms with Gasteiger partial charge in [-0.2, -0.15) is 0 Å². The van der Waals surface area contributed by atoms with E-state index >= 15 is 0 Å². The van der Waals surface area contributed by atoms with Gasteiger partial charge in [0.25, 0.3) is 5.09 Å². The van der Waals surface area contributed by atoms with Crippen LogP contribution in [0, 0.1) is 22.0 Å². The maximum Gasteiger partial charge on any atom is 0.306 e. The molecule has 3 N–H and O–H groups in total. The molecule has 0 heterocycles. The van der Waals surface area contributed by atoms with E-state index in [0.717, 1.165) is 6.42 Å². The molecule has 2 aromatic rings. The fourth-order valence-corrected chi connectivity index (χ4v) is 5.34. The van der Waals surface area contributed by atoms with Crippen LogP contribution in [0.1, 0.15) is 68.1 Å². The van der Waals surface area contributed by atoms with Crippen molar-refractivity contribution in [1.29, 1.82) is 0 Å². The second-order valence-electron chi connectivity index (χ2n) is 10.5. The van der Waals surface area contributed by atoms with Gasteiger partial charge in [-0.15, -0.1) is 10.1 Å². The van der Waals surface area contributed by atoms with Crippen LogP contribution in [0.15, 0.2) is 66.7 Å². The molecule has 3 rings (SSSR count). The second kappa shape index (κ2) is 16.7. The van der Waals surface area contributed by atoms with E-state index in [2.05, 4.69) is 17.0 Å². The Morgan fingerprint density at radius 1 is 0.975 bits per heavy atom. The number of carbonyl (C=O) groups is 1. The molecule has 5 atom stereocenters. The third kappa shape index (κ3) is 10.7. The van der Waals surface area contributed by atoms with Gasteiger partial charge in [0.05, 0.1) is 18.3 Å². The van der Waals surface area contributed by atoms with Crippen molar-refractivity contribution in [2.75, 3.05) is 0 Å². The number of carbonyl (C=O) groups excluding carboxylic acids is 1. The first kappa shape index (κ1) is 31.3. The number of allylic oxidation sites excluding steroid dienone is 2. The molecule has 2 aromatic carbocycles. The van der Waals surface area contributed by atoms with E-state index in [1.54, 1.807) is 24.3 Å². The highest BCUT2D eigenvalue weighted by atomic mass is 16.9. The van der Waals surface area contributed by atoms with Crippen LogP contribution in [0.3, 0.4) is 0 Å². The number of esters is 1. The molecule has 9 heteroatoms. The molecule has 1 aliphatic carbocycles. The molecule has 1 fully saturated rings. The van der Waals surface area contributed by atoms with Crippen LogP contribution < -0.4 is 0 Å². The molecule has 0 amide bonds. The molecule has 9 nitrogen and oxygen atoms in total. The van der Waals surface area contributed by atoms with Gasteiger partial charge in [0.2, 0.25) is 0 Å². The van der Waals surface area contributed by atoms with E-state index in [-0.39, 0.29) is 37.4 Å². The summed E-state index contributed by atoms with van der Waals surface area (Å²) < 4.78 is 5.32. The molecular weight excluding hydrogens is 514 g/mol. The molecule has 0 unspecified atom stereocenters. The zero-order chi connectivity index (χ0) is 28.7. The van der Waals surface area contributed by atoms with Gasteiger partial charge in [-0.3, -0.25) is 4.79 Å². The number of aryl methyl sites for hydroxylation is 1. The molecule has 0 aromatic heterocycles. The molecule has 0 spiro atoms. The average molecular weight is 556 g/mol. The standard InChI is InChI=1S/C31H41NO8/c33-26(17-16-23-10-4-3-5-11-23)18-19-28-27(29(34)20-30(28)35)14-6-1-2-7-15-31(36)39-21-24-12-8-9-13-25(24)22-40-32(37)38/h1,3-6,8-13,26-30,33-35H,2,7,14-22H2/t26-,27+,28+,29-,30+/m0/s1. The summed E-state index contributed by atoms with van der Waals surface area (Å²) in [7, 11) is 0. The monoisotopic (exact) mass is 555 g/mol. The van der Waals surface area contributed by atoms with Crippen LogP contribution in [-0.2, 0) is 34.0 Å². The van der Waals surface area contributed by atoms with Crippen molar-refractivity contribution in [2.24, 2.45) is 11.8 Å². The second-order valence-corrected chi connectivity index (χ2v) is 10.5. The zero-order valence-corrected chi connectivity index (χ0v) is 22.8. The third-order valence-electron chi connectivity index (χ3n) is 7.62.